The molecule has 3 aromatic rings. The van der Waals surface area contributed by atoms with Gasteiger partial charge in [0.15, 0.2) is 0 Å². The highest BCUT2D eigenvalue weighted by Crippen LogP contribution is 2.25. The number of aromatic nitrogens is 2. The van der Waals surface area contributed by atoms with Gasteiger partial charge in [-0.1, -0.05) is 30.3 Å². The van der Waals surface area contributed by atoms with E-state index in [0.29, 0.717) is 48.5 Å². The first-order chi connectivity index (χ1) is 14.4. The van der Waals surface area contributed by atoms with E-state index in [-0.39, 0.29) is 0 Å². The molecule has 0 aliphatic carbocycles. The minimum atomic E-state index is -3.50. The molecule has 0 unspecified atom stereocenters. The summed E-state index contributed by atoms with van der Waals surface area (Å²) in [4.78, 5) is 11.3. The maximum Gasteiger partial charge on any atom is 0.243 e. The third-order valence-electron chi connectivity index (χ3n) is 4.96. The van der Waals surface area contributed by atoms with E-state index in [1.165, 1.54) is 4.31 Å². The molecule has 0 radical (unpaired) electrons. The molecule has 4 rings (SSSR count). The van der Waals surface area contributed by atoms with Gasteiger partial charge in [-0.25, -0.2) is 13.4 Å². The molecule has 7 nitrogen and oxygen atoms in total. The molecular weight excluding hydrogens is 400 g/mol. The summed E-state index contributed by atoms with van der Waals surface area (Å²) in [7, 11) is -3.50. The van der Waals surface area contributed by atoms with E-state index in [1.807, 2.05) is 50.2 Å². The Morgan fingerprint density at radius 3 is 2.30 bits per heavy atom. The van der Waals surface area contributed by atoms with Crippen LogP contribution in [-0.4, -0.2) is 48.9 Å². The van der Waals surface area contributed by atoms with E-state index in [0.717, 1.165) is 11.4 Å². The zero-order chi connectivity index (χ0) is 21.1. The van der Waals surface area contributed by atoms with E-state index >= 15 is 0 Å². The fourth-order valence-electron chi connectivity index (χ4n) is 3.43. The van der Waals surface area contributed by atoms with Crippen LogP contribution in [0.25, 0.3) is 0 Å². The maximum atomic E-state index is 13.0. The fraction of sp³-hybridized carbons (Fsp3) is 0.273. The molecule has 8 heteroatoms. The molecule has 2 heterocycles. The van der Waals surface area contributed by atoms with Crippen LogP contribution in [0.2, 0.25) is 0 Å². The number of aryl methyl sites for hydroxylation is 2. The van der Waals surface area contributed by atoms with Crippen molar-refractivity contribution in [3.05, 3.63) is 72.1 Å². The lowest BCUT2D eigenvalue weighted by atomic mass is 10.2. The van der Waals surface area contributed by atoms with Crippen molar-refractivity contribution in [1.82, 2.24) is 14.3 Å². The third kappa shape index (κ3) is 4.44. The van der Waals surface area contributed by atoms with Gasteiger partial charge in [0.2, 0.25) is 15.9 Å². The Bertz CT molecular complexity index is 1130. The van der Waals surface area contributed by atoms with Gasteiger partial charge in [-0.05, 0) is 43.7 Å². The highest BCUT2D eigenvalue weighted by atomic mass is 32.2. The summed E-state index contributed by atoms with van der Waals surface area (Å²) in [5.41, 5.74) is 0.928. The van der Waals surface area contributed by atoms with Gasteiger partial charge in [0, 0.05) is 32.2 Å². The van der Waals surface area contributed by atoms with Gasteiger partial charge in [-0.2, -0.15) is 9.29 Å². The van der Waals surface area contributed by atoms with Crippen LogP contribution >= 0.6 is 0 Å². The molecule has 30 heavy (non-hydrogen) atoms. The van der Waals surface area contributed by atoms with Gasteiger partial charge < -0.3 is 9.64 Å². The van der Waals surface area contributed by atoms with E-state index in [9.17, 15) is 8.42 Å². The first-order valence-electron chi connectivity index (χ1n) is 9.82. The summed E-state index contributed by atoms with van der Waals surface area (Å²) in [6.45, 7) is 5.60. The molecule has 2 aromatic carbocycles. The van der Waals surface area contributed by atoms with E-state index in [2.05, 4.69) is 14.9 Å². The van der Waals surface area contributed by atoms with Crippen molar-refractivity contribution in [2.75, 3.05) is 31.1 Å². The predicted molar refractivity (Wildman–Crippen MR) is 115 cm³/mol. The molecule has 0 bridgehead atoms. The second kappa shape index (κ2) is 8.41. The monoisotopic (exact) mass is 424 g/mol. The van der Waals surface area contributed by atoms with E-state index < -0.39 is 10.0 Å². The number of sulfonamides is 1. The number of anilines is 1. The van der Waals surface area contributed by atoms with Crippen LogP contribution in [0, 0.1) is 13.8 Å². The Hall–Kier alpha value is -2.97. The quantitative estimate of drug-likeness (QED) is 0.625. The zero-order valence-corrected chi connectivity index (χ0v) is 17.8. The highest BCUT2D eigenvalue weighted by Gasteiger charge is 2.29. The number of hydrogen-bond donors (Lipinski definition) is 0. The van der Waals surface area contributed by atoms with Crippen molar-refractivity contribution in [2.24, 2.45) is 0 Å². The van der Waals surface area contributed by atoms with E-state index in [4.69, 9.17) is 4.74 Å². The Morgan fingerprint density at radius 2 is 1.60 bits per heavy atom. The third-order valence-corrected chi connectivity index (χ3v) is 6.85. The van der Waals surface area contributed by atoms with Gasteiger partial charge >= 0.3 is 0 Å². The van der Waals surface area contributed by atoms with Crippen LogP contribution in [-0.2, 0) is 10.0 Å². The van der Waals surface area contributed by atoms with Gasteiger partial charge in [-0.15, -0.1) is 0 Å². The smallest absolute Gasteiger partial charge is 0.243 e. The largest absolute Gasteiger partial charge is 0.439 e. The summed E-state index contributed by atoms with van der Waals surface area (Å²) < 4.78 is 33.3. The first-order valence-corrected chi connectivity index (χ1v) is 11.3. The van der Waals surface area contributed by atoms with Crippen molar-refractivity contribution in [3.8, 4) is 11.6 Å². The Morgan fingerprint density at radius 1 is 0.867 bits per heavy atom. The van der Waals surface area contributed by atoms with Gasteiger partial charge in [-0.3, -0.25) is 0 Å². The van der Waals surface area contributed by atoms with Crippen molar-refractivity contribution in [3.63, 3.8) is 0 Å². The lowest BCUT2D eigenvalue weighted by Gasteiger charge is -2.34. The molecule has 0 atom stereocenters. The fourth-order valence-corrected chi connectivity index (χ4v) is 4.96. The molecule has 0 saturated carbocycles. The first kappa shape index (κ1) is 20.3. The normalized spacial score (nSPS) is 15.2. The van der Waals surface area contributed by atoms with Crippen LogP contribution in [0.1, 0.15) is 11.4 Å². The Balaban J connectivity index is 1.47. The summed E-state index contributed by atoms with van der Waals surface area (Å²) >= 11 is 0. The van der Waals surface area contributed by atoms with Crippen molar-refractivity contribution >= 4 is 15.8 Å². The average molecular weight is 425 g/mol. The van der Waals surface area contributed by atoms with Crippen molar-refractivity contribution < 1.29 is 13.2 Å². The predicted octanol–water partition coefficient (Wildman–Crippen LogP) is 3.40. The SMILES string of the molecule is Cc1cccc(S(=O)(=O)N2CCN(c3cc(Oc4ccccc4)nc(C)n3)CC2)c1. The van der Waals surface area contributed by atoms with Gasteiger partial charge in [0.05, 0.1) is 4.90 Å². The molecule has 0 N–H and O–H groups in total. The summed E-state index contributed by atoms with van der Waals surface area (Å²) in [5.74, 6) is 2.52. The number of hydrogen-bond acceptors (Lipinski definition) is 6. The molecule has 0 spiro atoms. The number of rotatable bonds is 5. The molecule has 1 fully saturated rings. The lowest BCUT2D eigenvalue weighted by Crippen LogP contribution is -2.49. The number of piperazine rings is 1. The summed E-state index contributed by atoms with van der Waals surface area (Å²) in [5, 5.41) is 0. The second-order valence-corrected chi connectivity index (χ2v) is 9.17. The van der Waals surface area contributed by atoms with Gasteiger partial charge in [0.1, 0.15) is 17.4 Å². The number of nitrogens with zero attached hydrogens (tertiary/aromatic N) is 4. The molecule has 1 aromatic heterocycles. The van der Waals surface area contributed by atoms with Crippen LogP contribution in [0.15, 0.2) is 65.6 Å². The van der Waals surface area contributed by atoms with Crippen LogP contribution in [0.5, 0.6) is 11.6 Å². The summed E-state index contributed by atoms with van der Waals surface area (Å²) in [6.07, 6.45) is 0. The number of benzene rings is 2. The van der Waals surface area contributed by atoms with Crippen LogP contribution < -0.4 is 9.64 Å². The lowest BCUT2D eigenvalue weighted by molar-refractivity contribution is 0.383. The summed E-state index contributed by atoms with van der Waals surface area (Å²) in [6, 6.07) is 18.3. The highest BCUT2D eigenvalue weighted by molar-refractivity contribution is 7.89. The Kier molecular flexibility index (Phi) is 5.69. The topological polar surface area (TPSA) is 75.6 Å². The van der Waals surface area contributed by atoms with E-state index in [1.54, 1.807) is 24.3 Å². The minimum absolute atomic E-state index is 0.340. The van der Waals surface area contributed by atoms with Gasteiger partial charge in [0.25, 0.3) is 0 Å². The standard InChI is InChI=1S/C22H24N4O3S/c1-17-7-6-10-20(15-17)30(27,28)26-13-11-25(12-14-26)21-16-22(24-18(2)23-21)29-19-8-4-3-5-9-19/h3-10,15-16H,11-14H2,1-2H3. The molecular formula is C22H24N4O3S. The van der Waals surface area contributed by atoms with Crippen LogP contribution in [0.4, 0.5) is 5.82 Å². The maximum absolute atomic E-state index is 13.0. The molecule has 1 aliphatic rings. The minimum Gasteiger partial charge on any atom is -0.439 e. The van der Waals surface area contributed by atoms with Crippen molar-refractivity contribution in [2.45, 2.75) is 18.7 Å². The number of ether oxygens (including phenoxy) is 1. The average Bonchev–Trinajstić information content (AvgIpc) is 2.74. The Labute approximate surface area is 177 Å². The molecule has 156 valence electrons. The van der Waals surface area contributed by atoms with Crippen LogP contribution in [0.3, 0.4) is 0 Å². The molecule has 1 saturated heterocycles. The molecule has 1 aliphatic heterocycles. The second-order valence-electron chi connectivity index (χ2n) is 7.23. The molecule has 0 amide bonds. The zero-order valence-electron chi connectivity index (χ0n) is 17.0. The number of para-hydroxylation sites is 1. The van der Waals surface area contributed by atoms with Crippen molar-refractivity contribution in [1.29, 1.82) is 0 Å².